The number of furan rings is 1. The number of carboxylic acids is 1. The summed E-state index contributed by atoms with van der Waals surface area (Å²) < 4.78 is 9.63. The molecule has 94 valence electrons. The van der Waals surface area contributed by atoms with Gasteiger partial charge in [-0.2, -0.15) is 0 Å². The van der Waals surface area contributed by atoms with Gasteiger partial charge in [-0.1, -0.05) is 0 Å². The average molecular weight is 242 g/mol. The van der Waals surface area contributed by atoms with E-state index >= 15 is 0 Å². The summed E-state index contributed by atoms with van der Waals surface area (Å²) in [5.74, 6) is -1.84. The Kier molecular flexibility index (Phi) is 3.57. The molecule has 0 saturated heterocycles. The summed E-state index contributed by atoms with van der Waals surface area (Å²) >= 11 is 0. The van der Waals surface area contributed by atoms with E-state index < -0.39 is 23.5 Å². The largest absolute Gasteiger partial charge is 0.479 e. The molecule has 1 rings (SSSR count). The second kappa shape index (κ2) is 4.58. The molecule has 1 atom stereocenters. The van der Waals surface area contributed by atoms with Crippen molar-refractivity contribution in [2.75, 3.05) is 7.11 Å². The molecule has 0 amide bonds. The van der Waals surface area contributed by atoms with Crippen molar-refractivity contribution in [3.05, 3.63) is 23.7 Å². The zero-order valence-electron chi connectivity index (χ0n) is 9.76. The third-order valence-electron chi connectivity index (χ3n) is 2.55. The molecule has 2 N–H and O–H groups in total. The minimum Gasteiger partial charge on any atom is -0.479 e. The predicted octanol–water partition coefficient (Wildman–Crippen LogP) is 0.789. The molecule has 0 aliphatic carbocycles. The fourth-order valence-electron chi connectivity index (χ4n) is 1.34. The van der Waals surface area contributed by atoms with Gasteiger partial charge in [0.2, 0.25) is 5.76 Å². The van der Waals surface area contributed by atoms with Crippen molar-refractivity contribution in [2.24, 2.45) is 0 Å². The van der Waals surface area contributed by atoms with E-state index in [-0.39, 0.29) is 11.5 Å². The number of carboxylic acid groups (broad SMARTS) is 1. The van der Waals surface area contributed by atoms with E-state index in [1.54, 1.807) is 0 Å². The van der Waals surface area contributed by atoms with Crippen LogP contribution in [0.5, 0.6) is 0 Å². The Morgan fingerprint density at radius 1 is 1.41 bits per heavy atom. The number of carbonyl (C=O) groups excluding carboxylic acids is 1. The highest BCUT2D eigenvalue weighted by atomic mass is 16.5. The van der Waals surface area contributed by atoms with Gasteiger partial charge in [0.1, 0.15) is 5.76 Å². The normalized spacial score (nSPS) is 13.2. The van der Waals surface area contributed by atoms with Gasteiger partial charge in [-0.3, -0.25) is 0 Å². The molecule has 1 aromatic heterocycles. The van der Waals surface area contributed by atoms with Gasteiger partial charge in [-0.25, -0.2) is 9.59 Å². The standard InChI is InChI=1S/C11H14O6/c1-11(2,8(12)9(13)14)7-5-4-6(17-7)10(15)16-3/h4-5,8,12H,1-3H3,(H,13,14). The highest BCUT2D eigenvalue weighted by Gasteiger charge is 2.38. The first kappa shape index (κ1) is 13.2. The smallest absolute Gasteiger partial charge is 0.373 e. The van der Waals surface area contributed by atoms with Crippen LogP contribution < -0.4 is 0 Å². The third-order valence-corrected chi connectivity index (χ3v) is 2.55. The van der Waals surface area contributed by atoms with Crippen molar-refractivity contribution in [1.82, 2.24) is 0 Å². The molecule has 1 aromatic rings. The molecule has 17 heavy (non-hydrogen) atoms. The van der Waals surface area contributed by atoms with Crippen LogP contribution in [0.4, 0.5) is 0 Å². The first-order valence-electron chi connectivity index (χ1n) is 4.90. The van der Waals surface area contributed by atoms with E-state index in [0.717, 1.165) is 0 Å². The van der Waals surface area contributed by atoms with Gasteiger partial charge in [0.25, 0.3) is 0 Å². The zero-order chi connectivity index (χ0) is 13.2. The summed E-state index contributed by atoms with van der Waals surface area (Å²) in [6.07, 6.45) is -1.63. The molecule has 6 heteroatoms. The number of hydrogen-bond donors (Lipinski definition) is 2. The Hall–Kier alpha value is -1.82. The van der Waals surface area contributed by atoms with Gasteiger partial charge in [-0.05, 0) is 26.0 Å². The second-order valence-corrected chi connectivity index (χ2v) is 4.12. The van der Waals surface area contributed by atoms with Crippen LogP contribution in [0.15, 0.2) is 16.5 Å². The van der Waals surface area contributed by atoms with Crippen LogP contribution in [0, 0.1) is 0 Å². The van der Waals surface area contributed by atoms with E-state index in [1.165, 1.54) is 33.1 Å². The minimum absolute atomic E-state index is 0.0341. The molecule has 6 nitrogen and oxygen atoms in total. The van der Waals surface area contributed by atoms with E-state index in [9.17, 15) is 14.7 Å². The van der Waals surface area contributed by atoms with Gasteiger partial charge < -0.3 is 19.4 Å². The lowest BCUT2D eigenvalue weighted by Crippen LogP contribution is -2.39. The maximum Gasteiger partial charge on any atom is 0.373 e. The number of methoxy groups -OCH3 is 1. The Morgan fingerprint density at radius 2 is 2.00 bits per heavy atom. The lowest BCUT2D eigenvalue weighted by Gasteiger charge is -2.24. The number of aliphatic hydroxyl groups excluding tert-OH is 1. The minimum atomic E-state index is -1.63. The number of ether oxygens (including phenoxy) is 1. The summed E-state index contributed by atoms with van der Waals surface area (Å²) in [4.78, 5) is 21.9. The van der Waals surface area contributed by atoms with Crippen LogP contribution in [-0.2, 0) is 14.9 Å². The summed E-state index contributed by atoms with van der Waals surface area (Å²) in [6, 6.07) is 2.82. The second-order valence-electron chi connectivity index (χ2n) is 4.12. The Bertz CT molecular complexity index is 431. The topological polar surface area (TPSA) is 97.0 Å². The third kappa shape index (κ3) is 2.47. The summed E-state index contributed by atoms with van der Waals surface area (Å²) in [5.41, 5.74) is -1.14. The van der Waals surface area contributed by atoms with E-state index in [0.29, 0.717) is 0 Å². The van der Waals surface area contributed by atoms with Crippen LogP contribution in [-0.4, -0.2) is 35.4 Å². The quantitative estimate of drug-likeness (QED) is 0.757. The molecule has 1 unspecified atom stereocenters. The molecule has 0 aliphatic rings. The molecule has 0 radical (unpaired) electrons. The summed E-state index contributed by atoms with van der Waals surface area (Å²) in [6.45, 7) is 3.01. The molecule has 0 fully saturated rings. The molecule has 1 heterocycles. The van der Waals surface area contributed by atoms with Crippen molar-refractivity contribution < 1.29 is 29.0 Å². The van der Waals surface area contributed by atoms with E-state index in [4.69, 9.17) is 9.52 Å². The van der Waals surface area contributed by atoms with Crippen LogP contribution in [0.2, 0.25) is 0 Å². The fraction of sp³-hybridized carbons (Fsp3) is 0.455. The Balaban J connectivity index is 3.04. The molecular formula is C11H14O6. The predicted molar refractivity (Wildman–Crippen MR) is 56.7 cm³/mol. The molecular weight excluding hydrogens is 228 g/mol. The lowest BCUT2D eigenvalue weighted by atomic mass is 9.84. The number of carbonyl (C=O) groups is 2. The SMILES string of the molecule is COC(=O)c1ccc(C(C)(C)C(O)C(=O)O)o1. The number of aliphatic hydroxyl groups is 1. The van der Waals surface area contributed by atoms with Gasteiger partial charge in [0.05, 0.1) is 12.5 Å². The summed E-state index contributed by atoms with van der Waals surface area (Å²) in [5, 5.41) is 18.3. The highest BCUT2D eigenvalue weighted by Crippen LogP contribution is 2.29. The van der Waals surface area contributed by atoms with Crippen molar-refractivity contribution in [2.45, 2.75) is 25.4 Å². The maximum absolute atomic E-state index is 11.2. The van der Waals surface area contributed by atoms with Crippen molar-refractivity contribution in [1.29, 1.82) is 0 Å². The average Bonchev–Trinajstić information content (AvgIpc) is 2.76. The van der Waals surface area contributed by atoms with Crippen molar-refractivity contribution in [3.8, 4) is 0 Å². The van der Waals surface area contributed by atoms with E-state index in [1.807, 2.05) is 0 Å². The van der Waals surface area contributed by atoms with E-state index in [2.05, 4.69) is 4.74 Å². The van der Waals surface area contributed by atoms with Crippen molar-refractivity contribution >= 4 is 11.9 Å². The van der Waals surface area contributed by atoms with Gasteiger partial charge in [0, 0.05) is 0 Å². The number of rotatable bonds is 4. The molecule has 0 aliphatic heterocycles. The van der Waals surface area contributed by atoms with Crippen LogP contribution in [0.1, 0.15) is 30.2 Å². The van der Waals surface area contributed by atoms with Gasteiger partial charge in [0.15, 0.2) is 6.10 Å². The van der Waals surface area contributed by atoms with Crippen LogP contribution >= 0.6 is 0 Å². The van der Waals surface area contributed by atoms with Gasteiger partial charge >= 0.3 is 11.9 Å². The first-order chi connectivity index (χ1) is 7.80. The Morgan fingerprint density at radius 3 is 2.47 bits per heavy atom. The zero-order valence-corrected chi connectivity index (χ0v) is 9.76. The molecule has 0 spiro atoms. The number of esters is 1. The van der Waals surface area contributed by atoms with Crippen molar-refractivity contribution in [3.63, 3.8) is 0 Å². The molecule has 0 aromatic carbocycles. The van der Waals surface area contributed by atoms with Crippen LogP contribution in [0.25, 0.3) is 0 Å². The number of aliphatic carboxylic acids is 1. The molecule has 0 bridgehead atoms. The molecule has 0 saturated carbocycles. The number of hydrogen-bond acceptors (Lipinski definition) is 5. The van der Waals surface area contributed by atoms with Gasteiger partial charge in [-0.15, -0.1) is 0 Å². The first-order valence-corrected chi connectivity index (χ1v) is 4.90. The monoisotopic (exact) mass is 242 g/mol. The fourth-order valence-corrected chi connectivity index (χ4v) is 1.34. The summed E-state index contributed by atoms with van der Waals surface area (Å²) in [7, 11) is 1.21. The Labute approximate surface area is 97.8 Å². The van der Waals surface area contributed by atoms with Crippen LogP contribution in [0.3, 0.4) is 0 Å². The lowest BCUT2D eigenvalue weighted by molar-refractivity contribution is -0.150. The maximum atomic E-state index is 11.2. The highest BCUT2D eigenvalue weighted by molar-refractivity contribution is 5.86.